The predicted molar refractivity (Wildman–Crippen MR) is 117 cm³/mol. The molecule has 1 amide bonds. The van der Waals surface area contributed by atoms with Gasteiger partial charge in [-0.25, -0.2) is 0 Å². The summed E-state index contributed by atoms with van der Waals surface area (Å²) in [5.41, 5.74) is 5.23. The van der Waals surface area contributed by atoms with E-state index >= 15 is 0 Å². The normalized spacial score (nSPS) is 12.6. The third-order valence-corrected chi connectivity index (χ3v) is 5.64. The van der Waals surface area contributed by atoms with Crippen molar-refractivity contribution in [2.45, 2.75) is 39.2 Å². The van der Waals surface area contributed by atoms with Crippen LogP contribution in [0.2, 0.25) is 0 Å². The summed E-state index contributed by atoms with van der Waals surface area (Å²) in [7, 11) is 1.69. The number of ether oxygens (including phenoxy) is 2. The van der Waals surface area contributed by atoms with Gasteiger partial charge in [0.1, 0.15) is 11.3 Å². The first-order chi connectivity index (χ1) is 15.0. The number of hydrogen-bond donors (Lipinski definition) is 0. The summed E-state index contributed by atoms with van der Waals surface area (Å²) in [5.74, 6) is 0.106. The number of furan rings is 1. The van der Waals surface area contributed by atoms with E-state index in [1.54, 1.807) is 18.2 Å². The number of likely N-dealkylation sites (N-methyl/N-ethyl adjacent to an activating group) is 1. The van der Waals surface area contributed by atoms with Gasteiger partial charge in [0.2, 0.25) is 0 Å². The van der Waals surface area contributed by atoms with Gasteiger partial charge in [-0.15, -0.1) is 0 Å². The second kappa shape index (κ2) is 9.25. The van der Waals surface area contributed by atoms with Crippen LogP contribution in [-0.4, -0.2) is 37.0 Å². The molecule has 0 saturated carbocycles. The van der Waals surface area contributed by atoms with Crippen molar-refractivity contribution >= 4 is 22.8 Å². The van der Waals surface area contributed by atoms with E-state index in [-0.39, 0.29) is 18.9 Å². The fourth-order valence-corrected chi connectivity index (χ4v) is 3.96. The first-order valence-electron chi connectivity index (χ1n) is 10.7. The van der Waals surface area contributed by atoms with Crippen LogP contribution < -0.4 is 4.74 Å². The molecule has 4 rings (SSSR count). The number of carbonyl (C=O) groups is 2. The first-order valence-corrected chi connectivity index (χ1v) is 10.7. The molecule has 0 saturated heterocycles. The molecule has 0 N–H and O–H groups in total. The van der Waals surface area contributed by atoms with E-state index in [1.165, 1.54) is 11.1 Å². The van der Waals surface area contributed by atoms with Gasteiger partial charge in [-0.05, 0) is 67.1 Å². The van der Waals surface area contributed by atoms with E-state index < -0.39 is 5.97 Å². The third-order valence-electron chi connectivity index (χ3n) is 5.64. The molecular formula is C25H27NO5. The fraction of sp³-hybridized carbons (Fsp3) is 0.360. The van der Waals surface area contributed by atoms with E-state index in [9.17, 15) is 9.59 Å². The maximum Gasteiger partial charge on any atom is 0.310 e. The summed E-state index contributed by atoms with van der Waals surface area (Å²) in [6.07, 6.45) is 5.00. The Labute approximate surface area is 181 Å². The fourth-order valence-electron chi connectivity index (χ4n) is 3.96. The molecule has 1 heterocycles. The topological polar surface area (TPSA) is 69.0 Å². The van der Waals surface area contributed by atoms with Crippen LogP contribution in [-0.2, 0) is 40.1 Å². The molecule has 0 bridgehead atoms. The highest BCUT2D eigenvalue weighted by Gasteiger charge is 2.18. The Morgan fingerprint density at radius 1 is 1.10 bits per heavy atom. The molecule has 31 heavy (non-hydrogen) atoms. The van der Waals surface area contributed by atoms with E-state index in [4.69, 9.17) is 13.9 Å². The quantitative estimate of drug-likeness (QED) is 0.513. The molecule has 0 unspecified atom stereocenters. The maximum absolute atomic E-state index is 12.4. The summed E-state index contributed by atoms with van der Waals surface area (Å²) >= 11 is 0. The number of benzene rings is 2. The number of aryl methyl sites for hydroxylation is 2. The summed E-state index contributed by atoms with van der Waals surface area (Å²) in [6, 6.07) is 11.8. The lowest BCUT2D eigenvalue weighted by Gasteiger charge is -2.17. The lowest BCUT2D eigenvalue weighted by Crippen LogP contribution is -2.31. The van der Waals surface area contributed by atoms with Gasteiger partial charge in [0.15, 0.2) is 6.61 Å². The van der Waals surface area contributed by atoms with Crippen LogP contribution in [0.3, 0.4) is 0 Å². The van der Waals surface area contributed by atoms with Crippen LogP contribution in [0.5, 0.6) is 5.75 Å². The molecule has 2 aromatic carbocycles. The minimum absolute atomic E-state index is 0.0850. The van der Waals surface area contributed by atoms with Crippen molar-refractivity contribution in [2.24, 2.45) is 0 Å². The second-order valence-corrected chi connectivity index (χ2v) is 7.90. The highest BCUT2D eigenvalue weighted by molar-refractivity contribution is 5.88. The van der Waals surface area contributed by atoms with Gasteiger partial charge >= 0.3 is 5.97 Å². The van der Waals surface area contributed by atoms with E-state index in [0.717, 1.165) is 47.1 Å². The number of nitrogens with zero attached hydrogens (tertiary/aromatic N) is 1. The molecule has 0 spiro atoms. The Kier molecular flexibility index (Phi) is 6.26. The van der Waals surface area contributed by atoms with Crippen molar-refractivity contribution < 1.29 is 23.5 Å². The van der Waals surface area contributed by atoms with Crippen molar-refractivity contribution in [1.29, 1.82) is 0 Å². The lowest BCUT2D eigenvalue weighted by atomic mass is 10.0. The first kappa shape index (κ1) is 21.0. The minimum Gasteiger partial charge on any atom is -0.494 e. The van der Waals surface area contributed by atoms with Crippen molar-refractivity contribution in [3.05, 3.63) is 64.9 Å². The Morgan fingerprint density at radius 3 is 2.58 bits per heavy atom. The summed E-state index contributed by atoms with van der Waals surface area (Å²) in [6.45, 7) is 2.69. The maximum atomic E-state index is 12.4. The van der Waals surface area contributed by atoms with Crippen LogP contribution in [0.15, 0.2) is 47.1 Å². The third kappa shape index (κ3) is 4.90. The van der Waals surface area contributed by atoms with Crippen molar-refractivity contribution in [1.82, 2.24) is 4.90 Å². The average Bonchev–Trinajstić information content (AvgIpc) is 3.38. The Morgan fingerprint density at radius 2 is 1.84 bits per heavy atom. The highest BCUT2D eigenvalue weighted by Crippen LogP contribution is 2.30. The summed E-state index contributed by atoms with van der Waals surface area (Å²) in [5, 5.41) is 0.955. The smallest absolute Gasteiger partial charge is 0.310 e. The molecule has 162 valence electrons. The summed E-state index contributed by atoms with van der Waals surface area (Å²) in [4.78, 5) is 26.2. The van der Waals surface area contributed by atoms with Gasteiger partial charge in [-0.2, -0.15) is 0 Å². The average molecular weight is 421 g/mol. The molecule has 0 fully saturated rings. The molecule has 1 aliphatic carbocycles. The number of hydrogen-bond acceptors (Lipinski definition) is 5. The molecule has 0 aliphatic heterocycles. The Hall–Kier alpha value is -3.28. The highest BCUT2D eigenvalue weighted by atomic mass is 16.5. The zero-order valence-corrected chi connectivity index (χ0v) is 18.0. The van der Waals surface area contributed by atoms with E-state index in [1.807, 2.05) is 31.2 Å². The number of fused-ring (bicyclic) bond motifs is 2. The molecule has 1 aliphatic rings. The van der Waals surface area contributed by atoms with Gasteiger partial charge in [0, 0.05) is 24.5 Å². The lowest BCUT2D eigenvalue weighted by molar-refractivity contribution is -0.151. The van der Waals surface area contributed by atoms with Crippen LogP contribution in [0, 0.1) is 0 Å². The second-order valence-electron chi connectivity index (χ2n) is 7.90. The zero-order chi connectivity index (χ0) is 21.8. The van der Waals surface area contributed by atoms with Gasteiger partial charge in [-0.3, -0.25) is 9.59 Å². The molecule has 6 nitrogen and oxygen atoms in total. The zero-order valence-electron chi connectivity index (χ0n) is 18.0. The molecule has 3 aromatic rings. The van der Waals surface area contributed by atoms with Crippen molar-refractivity contribution in [3.8, 4) is 5.75 Å². The number of carbonyl (C=O) groups excluding carboxylic acids is 2. The van der Waals surface area contributed by atoms with Crippen LogP contribution in [0.1, 0.15) is 35.6 Å². The van der Waals surface area contributed by atoms with E-state index in [0.29, 0.717) is 13.2 Å². The van der Waals surface area contributed by atoms with Gasteiger partial charge in [0.25, 0.3) is 5.91 Å². The monoisotopic (exact) mass is 421 g/mol. The predicted octanol–water partition coefficient (Wildman–Crippen LogP) is 4.06. The number of amides is 1. The van der Waals surface area contributed by atoms with Crippen LogP contribution in [0.4, 0.5) is 0 Å². The SMILES string of the molecule is CCOc1ccc(CN(C)C(=O)COC(=O)Cc2coc3cc4c(cc23)CCC4)cc1. The van der Waals surface area contributed by atoms with Crippen molar-refractivity contribution in [2.75, 3.05) is 20.3 Å². The van der Waals surface area contributed by atoms with Gasteiger partial charge in [0.05, 0.1) is 19.3 Å². The number of rotatable bonds is 8. The summed E-state index contributed by atoms with van der Waals surface area (Å²) < 4.78 is 16.3. The standard InChI is InChI=1S/C25H27NO5/c1-3-29-21-9-7-17(8-10-21)14-26(2)24(27)16-31-25(28)13-20-15-30-23-12-19-6-4-5-18(19)11-22(20)23/h7-12,15H,3-6,13-14,16H2,1-2H3. The molecular weight excluding hydrogens is 394 g/mol. The van der Waals surface area contributed by atoms with Gasteiger partial charge < -0.3 is 18.8 Å². The minimum atomic E-state index is -0.439. The van der Waals surface area contributed by atoms with E-state index in [2.05, 4.69) is 12.1 Å². The van der Waals surface area contributed by atoms with Crippen LogP contribution >= 0.6 is 0 Å². The number of esters is 1. The molecule has 0 atom stereocenters. The largest absolute Gasteiger partial charge is 0.494 e. The van der Waals surface area contributed by atoms with Crippen molar-refractivity contribution in [3.63, 3.8) is 0 Å². The molecule has 1 aromatic heterocycles. The Bertz CT molecular complexity index is 1080. The Balaban J connectivity index is 1.29. The van der Waals surface area contributed by atoms with Gasteiger partial charge in [-0.1, -0.05) is 12.1 Å². The molecule has 0 radical (unpaired) electrons. The molecule has 6 heteroatoms. The van der Waals surface area contributed by atoms with Crippen LogP contribution in [0.25, 0.3) is 11.0 Å².